The summed E-state index contributed by atoms with van der Waals surface area (Å²) >= 11 is 0. The van der Waals surface area contributed by atoms with Gasteiger partial charge in [0.1, 0.15) is 5.82 Å². The molecule has 5 nitrogen and oxygen atoms in total. The molecule has 4 rings (SSSR count). The first-order valence-electron chi connectivity index (χ1n) is 10.1. The summed E-state index contributed by atoms with van der Waals surface area (Å²) in [5.74, 6) is 1.21. The monoisotopic (exact) mass is 365 g/mol. The average molecular weight is 365 g/mol. The average Bonchev–Trinajstić information content (AvgIpc) is 2.70. The van der Waals surface area contributed by atoms with Crippen LogP contribution in [0.5, 0.6) is 0 Å². The van der Waals surface area contributed by atoms with E-state index >= 15 is 0 Å². The number of para-hydroxylation sites is 1. The Morgan fingerprint density at radius 1 is 1.11 bits per heavy atom. The zero-order valence-electron chi connectivity index (χ0n) is 15.8. The van der Waals surface area contributed by atoms with Crippen molar-refractivity contribution < 1.29 is 4.79 Å². The van der Waals surface area contributed by atoms with Crippen molar-refractivity contribution in [3.8, 4) is 0 Å². The van der Waals surface area contributed by atoms with Gasteiger partial charge in [-0.3, -0.25) is 9.59 Å². The summed E-state index contributed by atoms with van der Waals surface area (Å²) in [7, 11) is 0. The number of aromatic amines is 1. The Labute approximate surface area is 159 Å². The first kappa shape index (κ1) is 18.0. The third-order valence-electron chi connectivity index (χ3n) is 6.11. The molecule has 1 aromatic heterocycles. The number of allylic oxidation sites excluding steroid dienone is 2. The smallest absolute Gasteiger partial charge is 0.258 e. The second-order valence-electron chi connectivity index (χ2n) is 8.09. The van der Waals surface area contributed by atoms with Crippen molar-refractivity contribution in [3.05, 3.63) is 52.6 Å². The minimum atomic E-state index is -0.182. The van der Waals surface area contributed by atoms with Crippen LogP contribution in [0.25, 0.3) is 10.9 Å². The molecule has 0 radical (unpaired) electrons. The van der Waals surface area contributed by atoms with E-state index in [-0.39, 0.29) is 29.3 Å². The Balaban J connectivity index is 1.57. The van der Waals surface area contributed by atoms with Gasteiger partial charge in [0.15, 0.2) is 0 Å². The van der Waals surface area contributed by atoms with Crippen LogP contribution in [0, 0.1) is 11.8 Å². The first-order chi connectivity index (χ1) is 13.1. The van der Waals surface area contributed by atoms with Crippen LogP contribution in [0.1, 0.15) is 57.2 Å². The molecular formula is C22H27N3O2. The topological polar surface area (TPSA) is 74.8 Å². The standard InChI is InChI=1S/C22H27N3O2/c1-14-10-12-15(13-11-14)23-21(26)17-7-3-2-6-16(17)20-24-19-9-5-4-8-18(19)22(27)25-20/h2-5,8-9,14-17H,6-7,10-13H2,1H3,(H,23,26)(H,24,25,27)/t14?,15?,16-,17-/m1/s1. The number of nitrogens with one attached hydrogen (secondary N) is 2. The number of nitrogens with zero attached hydrogens (tertiary/aromatic N) is 1. The van der Waals surface area contributed by atoms with Crippen LogP contribution in [0.15, 0.2) is 41.2 Å². The summed E-state index contributed by atoms with van der Waals surface area (Å²) in [4.78, 5) is 33.1. The van der Waals surface area contributed by atoms with Gasteiger partial charge in [0.25, 0.3) is 5.56 Å². The molecule has 1 amide bonds. The summed E-state index contributed by atoms with van der Waals surface area (Å²) in [6.45, 7) is 2.28. The SMILES string of the molecule is CC1CCC(NC(=O)[C@@H]2CC=CC[C@H]2c2nc3ccccc3c(=O)[nH]2)CC1. The molecule has 0 unspecified atom stereocenters. The predicted octanol–water partition coefficient (Wildman–Crippen LogP) is 3.67. The van der Waals surface area contributed by atoms with Crippen LogP contribution in [0.2, 0.25) is 0 Å². The van der Waals surface area contributed by atoms with Crippen LogP contribution in [0.3, 0.4) is 0 Å². The third-order valence-corrected chi connectivity index (χ3v) is 6.11. The van der Waals surface area contributed by atoms with Crippen LogP contribution in [0.4, 0.5) is 0 Å². The fourth-order valence-corrected chi connectivity index (χ4v) is 4.40. The number of benzene rings is 1. The van der Waals surface area contributed by atoms with E-state index in [9.17, 15) is 9.59 Å². The molecule has 2 aliphatic rings. The third kappa shape index (κ3) is 3.82. The maximum atomic E-state index is 13.0. The molecule has 0 spiro atoms. The lowest BCUT2D eigenvalue weighted by Crippen LogP contribution is -2.43. The maximum absolute atomic E-state index is 13.0. The van der Waals surface area contributed by atoms with Crippen molar-refractivity contribution >= 4 is 16.8 Å². The summed E-state index contributed by atoms with van der Waals surface area (Å²) in [6, 6.07) is 7.63. The first-order valence-corrected chi connectivity index (χ1v) is 10.1. The van der Waals surface area contributed by atoms with Gasteiger partial charge in [0.2, 0.25) is 5.91 Å². The second-order valence-corrected chi connectivity index (χ2v) is 8.09. The van der Waals surface area contributed by atoms with Crippen molar-refractivity contribution in [2.75, 3.05) is 0 Å². The number of hydrogen-bond donors (Lipinski definition) is 2. The van der Waals surface area contributed by atoms with E-state index in [1.807, 2.05) is 18.2 Å². The largest absolute Gasteiger partial charge is 0.353 e. The van der Waals surface area contributed by atoms with E-state index in [4.69, 9.17) is 0 Å². The number of rotatable bonds is 3. The van der Waals surface area contributed by atoms with Gasteiger partial charge in [0.05, 0.1) is 16.8 Å². The zero-order chi connectivity index (χ0) is 18.8. The van der Waals surface area contributed by atoms with Crippen molar-refractivity contribution in [2.24, 2.45) is 11.8 Å². The Morgan fingerprint density at radius 2 is 1.85 bits per heavy atom. The number of carbonyl (C=O) groups excluding carboxylic acids is 1. The van der Waals surface area contributed by atoms with Crippen LogP contribution in [-0.2, 0) is 4.79 Å². The molecule has 27 heavy (non-hydrogen) atoms. The number of fused-ring (bicyclic) bond motifs is 1. The summed E-state index contributed by atoms with van der Waals surface area (Å²) in [5.41, 5.74) is 0.553. The van der Waals surface area contributed by atoms with Gasteiger partial charge in [-0.15, -0.1) is 0 Å². The number of carbonyl (C=O) groups is 1. The Morgan fingerprint density at radius 3 is 2.67 bits per heavy atom. The fourth-order valence-electron chi connectivity index (χ4n) is 4.40. The Hall–Kier alpha value is -2.43. The molecule has 1 aromatic carbocycles. The van der Waals surface area contributed by atoms with E-state index in [1.54, 1.807) is 6.07 Å². The van der Waals surface area contributed by atoms with E-state index in [0.717, 1.165) is 25.2 Å². The van der Waals surface area contributed by atoms with Crippen molar-refractivity contribution in [3.63, 3.8) is 0 Å². The minimum Gasteiger partial charge on any atom is -0.353 e. The minimum absolute atomic E-state index is 0.0881. The molecule has 2 atom stereocenters. The lowest BCUT2D eigenvalue weighted by Gasteiger charge is -2.31. The Bertz CT molecular complexity index is 909. The zero-order valence-corrected chi connectivity index (χ0v) is 15.8. The second kappa shape index (κ2) is 7.67. The highest BCUT2D eigenvalue weighted by molar-refractivity contribution is 5.81. The van der Waals surface area contributed by atoms with E-state index in [1.165, 1.54) is 12.8 Å². The van der Waals surface area contributed by atoms with Gasteiger partial charge >= 0.3 is 0 Å². The quantitative estimate of drug-likeness (QED) is 0.815. The molecule has 1 fully saturated rings. The highest BCUT2D eigenvalue weighted by Gasteiger charge is 2.33. The van der Waals surface area contributed by atoms with Crippen LogP contribution < -0.4 is 10.9 Å². The van der Waals surface area contributed by atoms with Gasteiger partial charge in [0, 0.05) is 12.0 Å². The van der Waals surface area contributed by atoms with E-state index in [0.29, 0.717) is 23.1 Å². The number of hydrogen-bond acceptors (Lipinski definition) is 3. The van der Waals surface area contributed by atoms with E-state index < -0.39 is 0 Å². The molecule has 0 saturated heterocycles. The number of aromatic nitrogens is 2. The molecule has 2 aromatic rings. The van der Waals surface area contributed by atoms with Crippen molar-refractivity contribution in [1.29, 1.82) is 0 Å². The van der Waals surface area contributed by atoms with Gasteiger partial charge in [-0.1, -0.05) is 31.2 Å². The molecule has 1 heterocycles. The molecular weight excluding hydrogens is 338 g/mol. The molecule has 5 heteroatoms. The lowest BCUT2D eigenvalue weighted by molar-refractivity contribution is -0.126. The number of amides is 1. The fraction of sp³-hybridized carbons (Fsp3) is 0.500. The summed E-state index contributed by atoms with van der Waals surface area (Å²) < 4.78 is 0. The number of H-pyrrole nitrogens is 1. The molecule has 0 aliphatic heterocycles. The Kier molecular flexibility index (Phi) is 5.10. The molecule has 2 aliphatic carbocycles. The highest BCUT2D eigenvalue weighted by Crippen LogP contribution is 2.33. The maximum Gasteiger partial charge on any atom is 0.258 e. The molecule has 0 bridgehead atoms. The van der Waals surface area contributed by atoms with Gasteiger partial charge in [-0.2, -0.15) is 0 Å². The predicted molar refractivity (Wildman–Crippen MR) is 107 cm³/mol. The highest BCUT2D eigenvalue weighted by atomic mass is 16.2. The molecule has 2 N–H and O–H groups in total. The molecule has 1 saturated carbocycles. The normalized spacial score (nSPS) is 28.2. The van der Waals surface area contributed by atoms with E-state index in [2.05, 4.69) is 34.4 Å². The van der Waals surface area contributed by atoms with Gasteiger partial charge in [-0.05, 0) is 56.6 Å². The summed E-state index contributed by atoms with van der Waals surface area (Å²) in [5, 5.41) is 3.86. The summed E-state index contributed by atoms with van der Waals surface area (Å²) in [6.07, 6.45) is 10.1. The van der Waals surface area contributed by atoms with Crippen LogP contribution >= 0.6 is 0 Å². The lowest BCUT2D eigenvalue weighted by atomic mass is 9.81. The van der Waals surface area contributed by atoms with Gasteiger partial charge < -0.3 is 10.3 Å². The van der Waals surface area contributed by atoms with Crippen molar-refractivity contribution in [1.82, 2.24) is 15.3 Å². The van der Waals surface area contributed by atoms with Gasteiger partial charge in [-0.25, -0.2) is 4.98 Å². The molecule has 142 valence electrons. The van der Waals surface area contributed by atoms with Crippen LogP contribution in [-0.4, -0.2) is 21.9 Å². The van der Waals surface area contributed by atoms with Crippen molar-refractivity contribution in [2.45, 2.75) is 57.4 Å².